The van der Waals surface area contributed by atoms with Gasteiger partial charge < -0.3 is 14.8 Å². The summed E-state index contributed by atoms with van der Waals surface area (Å²) < 4.78 is 10.4. The first-order valence-corrected chi connectivity index (χ1v) is 9.58. The smallest absolute Gasteiger partial charge is 0.271 e. The lowest BCUT2D eigenvalue weighted by Crippen LogP contribution is -2.18. The highest BCUT2D eigenvalue weighted by atomic mass is 16.5. The highest BCUT2D eigenvalue weighted by Gasteiger charge is 2.07. The average molecular weight is 417 g/mol. The third-order valence-electron chi connectivity index (χ3n) is 4.45. The van der Waals surface area contributed by atoms with Crippen LogP contribution in [0.4, 0.5) is 5.69 Å². The van der Waals surface area contributed by atoms with Gasteiger partial charge in [0.1, 0.15) is 11.5 Å². The fourth-order valence-electron chi connectivity index (χ4n) is 2.84. The molecule has 0 aliphatic rings. The van der Waals surface area contributed by atoms with Crippen molar-refractivity contribution in [2.45, 2.75) is 6.42 Å². The summed E-state index contributed by atoms with van der Waals surface area (Å²) in [5.41, 5.74) is 5.14. The van der Waals surface area contributed by atoms with E-state index in [4.69, 9.17) is 9.47 Å². The molecule has 31 heavy (non-hydrogen) atoms. The molecular weight excluding hydrogens is 394 g/mol. The lowest BCUT2D eigenvalue weighted by atomic mass is 10.1. The minimum Gasteiger partial charge on any atom is -0.497 e. The molecule has 7 nitrogen and oxygen atoms in total. The van der Waals surface area contributed by atoms with Gasteiger partial charge in [-0.1, -0.05) is 30.3 Å². The first kappa shape index (κ1) is 21.6. The summed E-state index contributed by atoms with van der Waals surface area (Å²) in [7, 11) is 3.12. The van der Waals surface area contributed by atoms with Gasteiger partial charge in [-0.15, -0.1) is 0 Å². The molecule has 0 aliphatic heterocycles. The number of anilines is 1. The van der Waals surface area contributed by atoms with Gasteiger partial charge in [0, 0.05) is 22.9 Å². The number of hydrazone groups is 1. The third-order valence-corrected chi connectivity index (χ3v) is 4.45. The summed E-state index contributed by atoms with van der Waals surface area (Å²) in [6.07, 6.45) is 1.78. The summed E-state index contributed by atoms with van der Waals surface area (Å²) in [6.45, 7) is 0. The van der Waals surface area contributed by atoms with Crippen LogP contribution in [0.15, 0.2) is 77.9 Å². The van der Waals surface area contributed by atoms with Crippen LogP contribution >= 0.6 is 0 Å². The predicted molar refractivity (Wildman–Crippen MR) is 120 cm³/mol. The van der Waals surface area contributed by atoms with E-state index in [-0.39, 0.29) is 18.2 Å². The van der Waals surface area contributed by atoms with E-state index in [9.17, 15) is 9.59 Å². The number of carbonyl (C=O) groups excluding carboxylic acids is 2. The molecule has 0 heterocycles. The van der Waals surface area contributed by atoms with Crippen molar-refractivity contribution in [1.82, 2.24) is 5.43 Å². The molecule has 2 amide bonds. The molecule has 0 unspecified atom stereocenters. The van der Waals surface area contributed by atoms with Crippen LogP contribution in [0.3, 0.4) is 0 Å². The maximum Gasteiger partial charge on any atom is 0.271 e. The fraction of sp³-hybridized carbons (Fsp3) is 0.125. The lowest BCUT2D eigenvalue weighted by Gasteiger charge is -2.07. The van der Waals surface area contributed by atoms with Gasteiger partial charge >= 0.3 is 0 Å². The summed E-state index contributed by atoms with van der Waals surface area (Å²) in [4.78, 5) is 24.4. The largest absolute Gasteiger partial charge is 0.497 e. The van der Waals surface area contributed by atoms with E-state index in [2.05, 4.69) is 15.8 Å². The number of hydrogen-bond donors (Lipinski definition) is 2. The zero-order chi connectivity index (χ0) is 22.1. The highest BCUT2D eigenvalue weighted by Crippen LogP contribution is 2.23. The van der Waals surface area contributed by atoms with E-state index in [1.807, 2.05) is 30.3 Å². The number of rotatable bonds is 8. The fourth-order valence-corrected chi connectivity index (χ4v) is 2.84. The SMILES string of the molecule is COc1ccc(/C=N\NC(=O)c2ccc(NC(=O)Cc3ccccc3)cc2)c(OC)c1. The Morgan fingerprint density at radius 2 is 1.68 bits per heavy atom. The normalized spacial score (nSPS) is 10.5. The maximum absolute atomic E-state index is 12.3. The van der Waals surface area contributed by atoms with E-state index < -0.39 is 0 Å². The van der Waals surface area contributed by atoms with Gasteiger partial charge in [0.25, 0.3) is 5.91 Å². The van der Waals surface area contributed by atoms with Gasteiger partial charge in [-0.2, -0.15) is 5.10 Å². The second-order valence-corrected chi connectivity index (χ2v) is 6.59. The second-order valence-electron chi connectivity index (χ2n) is 6.59. The van der Waals surface area contributed by atoms with Gasteiger partial charge in [0.15, 0.2) is 0 Å². The minimum absolute atomic E-state index is 0.124. The van der Waals surface area contributed by atoms with Gasteiger partial charge in [0.05, 0.1) is 26.9 Å². The average Bonchev–Trinajstić information content (AvgIpc) is 2.80. The Kier molecular flexibility index (Phi) is 7.37. The standard InChI is InChI=1S/C24H23N3O4/c1-30-21-13-10-19(22(15-21)31-2)16-25-27-24(29)18-8-11-20(12-9-18)26-23(28)14-17-6-4-3-5-7-17/h3-13,15-16H,14H2,1-2H3,(H,26,28)(H,27,29)/b25-16-. The van der Waals surface area contributed by atoms with E-state index in [1.54, 1.807) is 56.7 Å². The first-order valence-electron chi connectivity index (χ1n) is 9.58. The molecule has 0 saturated carbocycles. The molecule has 0 fully saturated rings. The van der Waals surface area contributed by atoms with Crippen molar-refractivity contribution in [2.24, 2.45) is 5.10 Å². The number of carbonyl (C=O) groups is 2. The zero-order valence-corrected chi connectivity index (χ0v) is 17.3. The third kappa shape index (κ3) is 6.17. The molecule has 3 rings (SSSR count). The van der Waals surface area contributed by atoms with Crippen LogP contribution in [-0.4, -0.2) is 32.2 Å². The zero-order valence-electron chi connectivity index (χ0n) is 17.3. The number of nitrogens with zero attached hydrogens (tertiary/aromatic N) is 1. The van der Waals surface area contributed by atoms with Crippen molar-refractivity contribution in [3.8, 4) is 11.5 Å². The Hall–Kier alpha value is -4.13. The monoisotopic (exact) mass is 417 g/mol. The van der Waals surface area contributed by atoms with E-state index >= 15 is 0 Å². The number of amides is 2. The topological polar surface area (TPSA) is 89.0 Å². The molecule has 0 aliphatic carbocycles. The van der Waals surface area contributed by atoms with E-state index in [0.717, 1.165) is 5.56 Å². The van der Waals surface area contributed by atoms with Gasteiger partial charge in [-0.25, -0.2) is 5.43 Å². The molecule has 3 aromatic carbocycles. The summed E-state index contributed by atoms with van der Waals surface area (Å²) >= 11 is 0. The van der Waals surface area contributed by atoms with Crippen molar-refractivity contribution >= 4 is 23.7 Å². The predicted octanol–water partition coefficient (Wildman–Crippen LogP) is 3.65. The van der Waals surface area contributed by atoms with Crippen LogP contribution in [-0.2, 0) is 11.2 Å². The molecule has 2 N–H and O–H groups in total. The van der Waals surface area contributed by atoms with Crippen LogP contribution in [0.2, 0.25) is 0 Å². The van der Waals surface area contributed by atoms with E-state index in [0.29, 0.717) is 28.3 Å². The van der Waals surface area contributed by atoms with Crippen LogP contribution in [0, 0.1) is 0 Å². The van der Waals surface area contributed by atoms with Crippen molar-refractivity contribution in [3.63, 3.8) is 0 Å². The Morgan fingerprint density at radius 3 is 2.35 bits per heavy atom. The number of nitrogens with one attached hydrogen (secondary N) is 2. The number of hydrogen-bond acceptors (Lipinski definition) is 5. The van der Waals surface area contributed by atoms with E-state index in [1.165, 1.54) is 6.21 Å². The molecule has 158 valence electrons. The van der Waals surface area contributed by atoms with Crippen molar-refractivity contribution in [3.05, 3.63) is 89.5 Å². The highest BCUT2D eigenvalue weighted by molar-refractivity contribution is 5.96. The van der Waals surface area contributed by atoms with Crippen molar-refractivity contribution in [2.75, 3.05) is 19.5 Å². The first-order chi connectivity index (χ1) is 15.1. The molecular formula is C24H23N3O4. The maximum atomic E-state index is 12.3. The number of benzene rings is 3. The van der Waals surface area contributed by atoms with Crippen LogP contribution in [0.25, 0.3) is 0 Å². The Bertz CT molecular complexity index is 1060. The number of ether oxygens (including phenoxy) is 2. The summed E-state index contributed by atoms with van der Waals surface area (Å²) in [6, 6.07) is 21.4. The van der Waals surface area contributed by atoms with Crippen LogP contribution < -0.4 is 20.2 Å². The molecule has 0 saturated heterocycles. The minimum atomic E-state index is -0.370. The molecule has 0 aromatic heterocycles. The van der Waals surface area contributed by atoms with Gasteiger partial charge in [-0.3, -0.25) is 9.59 Å². The van der Waals surface area contributed by atoms with Gasteiger partial charge in [-0.05, 0) is 42.0 Å². The quantitative estimate of drug-likeness (QED) is 0.433. The molecule has 7 heteroatoms. The molecule has 3 aromatic rings. The number of methoxy groups -OCH3 is 2. The van der Waals surface area contributed by atoms with Crippen LogP contribution in [0.1, 0.15) is 21.5 Å². The van der Waals surface area contributed by atoms with Crippen molar-refractivity contribution in [1.29, 1.82) is 0 Å². The molecule has 0 bridgehead atoms. The van der Waals surface area contributed by atoms with Crippen LogP contribution in [0.5, 0.6) is 11.5 Å². The summed E-state index contributed by atoms with van der Waals surface area (Å²) in [5.74, 6) is 0.745. The summed E-state index contributed by atoms with van der Waals surface area (Å²) in [5, 5.41) is 6.80. The Morgan fingerprint density at radius 1 is 0.935 bits per heavy atom. The second kappa shape index (κ2) is 10.6. The Balaban J connectivity index is 1.55. The van der Waals surface area contributed by atoms with Crippen molar-refractivity contribution < 1.29 is 19.1 Å². The molecule has 0 atom stereocenters. The Labute approximate surface area is 180 Å². The van der Waals surface area contributed by atoms with Gasteiger partial charge in [0.2, 0.25) is 5.91 Å². The molecule has 0 radical (unpaired) electrons. The lowest BCUT2D eigenvalue weighted by molar-refractivity contribution is -0.115. The molecule has 0 spiro atoms.